The van der Waals surface area contributed by atoms with E-state index in [1.807, 2.05) is 20.8 Å². The van der Waals surface area contributed by atoms with Crippen LogP contribution in [0.25, 0.3) is 0 Å². The first-order valence-electron chi connectivity index (χ1n) is 4.79. The van der Waals surface area contributed by atoms with Gasteiger partial charge in [-0.3, -0.25) is 0 Å². The van der Waals surface area contributed by atoms with E-state index in [0.717, 1.165) is 12.4 Å². The lowest BCUT2D eigenvalue weighted by Gasteiger charge is -2.12. The molecule has 0 aromatic carbocycles. The zero-order chi connectivity index (χ0) is 10.6. The molecule has 0 bridgehead atoms. The van der Waals surface area contributed by atoms with Gasteiger partial charge in [-0.25, -0.2) is 4.98 Å². The molecule has 14 heavy (non-hydrogen) atoms. The summed E-state index contributed by atoms with van der Waals surface area (Å²) >= 11 is 0. The Hall–Kier alpha value is -1.23. The van der Waals surface area contributed by atoms with Crippen molar-refractivity contribution in [2.24, 2.45) is 0 Å². The summed E-state index contributed by atoms with van der Waals surface area (Å²) in [7, 11) is 0. The Labute approximate surface area is 84.1 Å². The topological polar surface area (TPSA) is 76.0 Å². The molecule has 0 aliphatic rings. The van der Waals surface area contributed by atoms with Crippen LogP contribution in [0.4, 0.5) is 11.6 Å². The third-order valence-electron chi connectivity index (χ3n) is 1.81. The van der Waals surface area contributed by atoms with Crippen molar-refractivity contribution >= 4 is 11.6 Å². The van der Waals surface area contributed by atoms with E-state index in [2.05, 4.69) is 15.3 Å². The molecule has 0 saturated carbocycles. The van der Waals surface area contributed by atoms with Crippen LogP contribution in [0.3, 0.4) is 0 Å². The molecule has 0 radical (unpaired) electrons. The number of aromatic amines is 1. The van der Waals surface area contributed by atoms with Crippen molar-refractivity contribution < 1.29 is 4.74 Å². The molecular formula is C9H18N4O. The summed E-state index contributed by atoms with van der Waals surface area (Å²) in [6.45, 7) is 7.25. The average molecular weight is 198 g/mol. The smallest absolute Gasteiger partial charge is 0.169 e. The van der Waals surface area contributed by atoms with Crippen molar-refractivity contribution in [2.75, 3.05) is 24.3 Å². The SMILES string of the molecule is CCOCC(C)Nc1nc(C)[nH]c1N. The average Bonchev–Trinajstić information content (AvgIpc) is 2.42. The Balaban J connectivity index is 2.47. The first-order valence-corrected chi connectivity index (χ1v) is 4.79. The molecule has 0 aliphatic heterocycles. The molecule has 1 atom stereocenters. The number of ether oxygens (including phenoxy) is 1. The van der Waals surface area contributed by atoms with Gasteiger partial charge < -0.3 is 20.8 Å². The number of rotatable bonds is 5. The molecular weight excluding hydrogens is 180 g/mol. The molecule has 4 N–H and O–H groups in total. The highest BCUT2D eigenvalue weighted by Gasteiger charge is 2.07. The van der Waals surface area contributed by atoms with Gasteiger partial charge in [0.05, 0.1) is 6.61 Å². The minimum Gasteiger partial charge on any atom is -0.382 e. The molecule has 0 spiro atoms. The van der Waals surface area contributed by atoms with E-state index in [4.69, 9.17) is 10.5 Å². The molecule has 1 heterocycles. The first kappa shape index (κ1) is 10.8. The number of imidazole rings is 1. The fourth-order valence-electron chi connectivity index (χ4n) is 1.19. The number of nitrogens with one attached hydrogen (secondary N) is 2. The number of hydrogen-bond donors (Lipinski definition) is 3. The highest BCUT2D eigenvalue weighted by molar-refractivity contribution is 5.57. The molecule has 0 aliphatic carbocycles. The molecule has 5 heteroatoms. The van der Waals surface area contributed by atoms with Gasteiger partial charge in [-0.15, -0.1) is 0 Å². The summed E-state index contributed by atoms with van der Waals surface area (Å²) in [5, 5.41) is 3.17. The molecule has 1 aromatic heterocycles. The van der Waals surface area contributed by atoms with Gasteiger partial charge in [0.1, 0.15) is 11.6 Å². The van der Waals surface area contributed by atoms with Gasteiger partial charge in [0, 0.05) is 12.6 Å². The molecule has 0 amide bonds. The molecule has 0 fully saturated rings. The predicted molar refractivity (Wildman–Crippen MR) is 57.3 cm³/mol. The minimum absolute atomic E-state index is 0.208. The van der Waals surface area contributed by atoms with Crippen LogP contribution in [-0.2, 0) is 4.74 Å². The monoisotopic (exact) mass is 198 g/mol. The quantitative estimate of drug-likeness (QED) is 0.663. The van der Waals surface area contributed by atoms with Crippen molar-refractivity contribution in [3.8, 4) is 0 Å². The zero-order valence-electron chi connectivity index (χ0n) is 8.92. The lowest BCUT2D eigenvalue weighted by molar-refractivity contribution is 0.141. The van der Waals surface area contributed by atoms with E-state index >= 15 is 0 Å². The van der Waals surface area contributed by atoms with Gasteiger partial charge in [0.25, 0.3) is 0 Å². The van der Waals surface area contributed by atoms with Gasteiger partial charge in [0.2, 0.25) is 0 Å². The van der Waals surface area contributed by atoms with Crippen LogP contribution in [0.5, 0.6) is 0 Å². The third kappa shape index (κ3) is 2.92. The molecule has 80 valence electrons. The van der Waals surface area contributed by atoms with E-state index in [9.17, 15) is 0 Å². The van der Waals surface area contributed by atoms with Crippen molar-refractivity contribution in [3.05, 3.63) is 5.82 Å². The highest BCUT2D eigenvalue weighted by Crippen LogP contribution is 2.14. The van der Waals surface area contributed by atoms with E-state index in [1.54, 1.807) is 0 Å². The van der Waals surface area contributed by atoms with Crippen LogP contribution < -0.4 is 11.1 Å². The van der Waals surface area contributed by atoms with E-state index in [0.29, 0.717) is 18.2 Å². The van der Waals surface area contributed by atoms with Gasteiger partial charge in [-0.05, 0) is 20.8 Å². The number of aromatic nitrogens is 2. The van der Waals surface area contributed by atoms with Crippen molar-refractivity contribution in [3.63, 3.8) is 0 Å². The van der Waals surface area contributed by atoms with Crippen LogP contribution in [-0.4, -0.2) is 29.2 Å². The van der Waals surface area contributed by atoms with Gasteiger partial charge in [0.15, 0.2) is 5.82 Å². The maximum absolute atomic E-state index is 5.70. The number of hydrogen-bond acceptors (Lipinski definition) is 4. The Bertz CT molecular complexity index is 284. The van der Waals surface area contributed by atoms with Gasteiger partial charge in [-0.2, -0.15) is 0 Å². The van der Waals surface area contributed by atoms with Crippen molar-refractivity contribution in [2.45, 2.75) is 26.8 Å². The third-order valence-corrected chi connectivity index (χ3v) is 1.81. The largest absolute Gasteiger partial charge is 0.382 e. The Morgan fingerprint density at radius 3 is 2.86 bits per heavy atom. The predicted octanol–water partition coefficient (Wildman–Crippen LogP) is 1.14. The molecule has 1 unspecified atom stereocenters. The molecule has 0 saturated heterocycles. The lowest BCUT2D eigenvalue weighted by Crippen LogP contribution is -2.22. The van der Waals surface area contributed by atoms with Crippen LogP contribution in [0.2, 0.25) is 0 Å². The molecule has 1 rings (SSSR count). The maximum atomic E-state index is 5.70. The van der Waals surface area contributed by atoms with Gasteiger partial charge >= 0.3 is 0 Å². The molecule has 1 aromatic rings. The maximum Gasteiger partial charge on any atom is 0.169 e. The molecule has 5 nitrogen and oxygen atoms in total. The summed E-state index contributed by atoms with van der Waals surface area (Å²) in [4.78, 5) is 7.14. The number of nitrogens with two attached hydrogens (primary N) is 1. The summed E-state index contributed by atoms with van der Waals surface area (Å²) in [6, 6.07) is 0.208. The minimum atomic E-state index is 0.208. The Morgan fingerprint density at radius 1 is 1.64 bits per heavy atom. The van der Waals surface area contributed by atoms with Crippen molar-refractivity contribution in [1.29, 1.82) is 0 Å². The fraction of sp³-hybridized carbons (Fsp3) is 0.667. The second kappa shape index (κ2) is 4.85. The van der Waals surface area contributed by atoms with E-state index in [-0.39, 0.29) is 6.04 Å². The van der Waals surface area contributed by atoms with Crippen LogP contribution in [0.1, 0.15) is 19.7 Å². The van der Waals surface area contributed by atoms with Gasteiger partial charge in [-0.1, -0.05) is 0 Å². The number of nitrogen functional groups attached to an aromatic ring is 1. The number of nitrogens with zero attached hydrogens (tertiary/aromatic N) is 1. The Kier molecular flexibility index (Phi) is 3.76. The number of aryl methyl sites for hydroxylation is 1. The standard InChI is InChI=1S/C9H18N4O/c1-4-14-5-6(2)11-9-8(10)12-7(3)13-9/h6,11H,4-5,10H2,1-3H3,(H,12,13). The van der Waals surface area contributed by atoms with E-state index in [1.165, 1.54) is 0 Å². The van der Waals surface area contributed by atoms with Crippen LogP contribution in [0, 0.1) is 6.92 Å². The summed E-state index contributed by atoms with van der Waals surface area (Å²) in [5.41, 5.74) is 5.70. The summed E-state index contributed by atoms with van der Waals surface area (Å²) in [5.74, 6) is 2.09. The second-order valence-corrected chi connectivity index (χ2v) is 3.29. The van der Waals surface area contributed by atoms with Crippen molar-refractivity contribution in [1.82, 2.24) is 9.97 Å². The summed E-state index contributed by atoms with van der Waals surface area (Å²) in [6.07, 6.45) is 0. The zero-order valence-corrected chi connectivity index (χ0v) is 8.92. The number of H-pyrrole nitrogens is 1. The van der Waals surface area contributed by atoms with E-state index < -0.39 is 0 Å². The van der Waals surface area contributed by atoms with Crippen LogP contribution >= 0.6 is 0 Å². The Morgan fingerprint density at radius 2 is 2.36 bits per heavy atom. The number of anilines is 2. The van der Waals surface area contributed by atoms with Crippen LogP contribution in [0.15, 0.2) is 0 Å². The highest BCUT2D eigenvalue weighted by atomic mass is 16.5. The lowest BCUT2D eigenvalue weighted by atomic mass is 10.3. The summed E-state index contributed by atoms with van der Waals surface area (Å²) < 4.78 is 5.27. The second-order valence-electron chi connectivity index (χ2n) is 3.29. The fourth-order valence-corrected chi connectivity index (χ4v) is 1.19. The first-order chi connectivity index (χ1) is 6.63. The normalized spacial score (nSPS) is 12.8.